The van der Waals surface area contributed by atoms with Crippen LogP contribution in [0.5, 0.6) is 0 Å². The summed E-state index contributed by atoms with van der Waals surface area (Å²) in [4.78, 5) is 11.6. The largest absolute Gasteiger partial charge is 0.322 e. The van der Waals surface area contributed by atoms with Crippen LogP contribution in [0, 0.1) is 11.6 Å². The monoisotopic (exact) mass is 293 g/mol. The van der Waals surface area contributed by atoms with Crippen molar-refractivity contribution in [1.29, 1.82) is 0 Å². The van der Waals surface area contributed by atoms with Crippen LogP contribution >= 0.6 is 11.6 Å². The van der Waals surface area contributed by atoms with E-state index in [1.54, 1.807) is 24.3 Å². The third-order valence-electron chi connectivity index (χ3n) is 2.51. The zero-order valence-corrected chi connectivity index (χ0v) is 11.0. The van der Waals surface area contributed by atoms with E-state index >= 15 is 0 Å². The average Bonchev–Trinajstić information content (AvgIpc) is 2.42. The quantitative estimate of drug-likeness (QED) is 0.841. The van der Waals surface area contributed by atoms with E-state index in [0.29, 0.717) is 10.6 Å². The van der Waals surface area contributed by atoms with Gasteiger partial charge in [0.05, 0.1) is 0 Å². The number of amides is 1. The zero-order valence-electron chi connectivity index (χ0n) is 10.2. The first-order chi connectivity index (χ1) is 9.56. The summed E-state index contributed by atoms with van der Waals surface area (Å²) < 4.78 is 25.7. The minimum Gasteiger partial charge on any atom is -0.322 e. The Morgan fingerprint density at radius 3 is 2.55 bits per heavy atom. The van der Waals surface area contributed by atoms with E-state index in [1.165, 1.54) is 18.2 Å². The fourth-order valence-electron chi connectivity index (χ4n) is 1.53. The second kappa shape index (κ2) is 6.30. The standard InChI is InChI=1S/C15H10ClF2NO/c16-12-4-2-1-3-10(12)5-8-15(20)19-11-6-7-13(17)14(18)9-11/h1-9H,(H,19,20)/b8-5+. The van der Waals surface area contributed by atoms with Gasteiger partial charge in [-0.05, 0) is 29.8 Å². The first kappa shape index (κ1) is 14.2. The SMILES string of the molecule is O=C(/C=C/c1ccccc1Cl)Nc1ccc(F)c(F)c1. The number of nitrogens with one attached hydrogen (secondary N) is 1. The minimum atomic E-state index is -1.02. The lowest BCUT2D eigenvalue weighted by Gasteiger charge is -2.02. The Bertz CT molecular complexity index is 671. The molecule has 0 aliphatic carbocycles. The van der Waals surface area contributed by atoms with Crippen molar-refractivity contribution < 1.29 is 13.6 Å². The van der Waals surface area contributed by atoms with Crippen molar-refractivity contribution in [2.45, 2.75) is 0 Å². The lowest BCUT2D eigenvalue weighted by atomic mass is 10.2. The van der Waals surface area contributed by atoms with Gasteiger partial charge in [-0.1, -0.05) is 29.8 Å². The molecule has 0 radical (unpaired) electrons. The molecule has 20 heavy (non-hydrogen) atoms. The Morgan fingerprint density at radius 2 is 1.85 bits per heavy atom. The molecule has 2 aromatic carbocycles. The Balaban J connectivity index is 2.06. The molecule has 1 N–H and O–H groups in total. The van der Waals surface area contributed by atoms with Crippen LogP contribution in [0.2, 0.25) is 5.02 Å². The maximum absolute atomic E-state index is 13.0. The molecule has 0 saturated heterocycles. The van der Waals surface area contributed by atoms with Gasteiger partial charge in [0.2, 0.25) is 5.91 Å². The number of benzene rings is 2. The van der Waals surface area contributed by atoms with Gasteiger partial charge in [-0.3, -0.25) is 4.79 Å². The maximum atomic E-state index is 13.0. The Labute approximate surface area is 119 Å². The molecule has 0 saturated carbocycles. The van der Waals surface area contributed by atoms with E-state index in [2.05, 4.69) is 5.32 Å². The zero-order chi connectivity index (χ0) is 14.5. The van der Waals surface area contributed by atoms with E-state index in [4.69, 9.17) is 11.6 Å². The highest BCUT2D eigenvalue weighted by Crippen LogP contribution is 2.17. The van der Waals surface area contributed by atoms with E-state index in [0.717, 1.165) is 12.1 Å². The van der Waals surface area contributed by atoms with E-state index < -0.39 is 17.5 Å². The number of rotatable bonds is 3. The molecule has 2 rings (SSSR count). The molecular formula is C15H10ClF2NO. The van der Waals surface area contributed by atoms with Gasteiger partial charge < -0.3 is 5.32 Å². The second-order valence-electron chi connectivity index (χ2n) is 3.97. The first-order valence-corrected chi connectivity index (χ1v) is 6.13. The van der Waals surface area contributed by atoms with Crippen LogP contribution in [0.25, 0.3) is 6.08 Å². The summed E-state index contributed by atoms with van der Waals surface area (Å²) in [5, 5.41) is 2.94. The molecule has 0 spiro atoms. The highest BCUT2D eigenvalue weighted by Gasteiger charge is 2.04. The lowest BCUT2D eigenvalue weighted by molar-refractivity contribution is -0.111. The predicted molar refractivity (Wildman–Crippen MR) is 75.5 cm³/mol. The van der Waals surface area contributed by atoms with Crippen molar-refractivity contribution in [1.82, 2.24) is 0 Å². The number of hydrogen-bond donors (Lipinski definition) is 1. The highest BCUT2D eigenvalue weighted by atomic mass is 35.5. The van der Waals surface area contributed by atoms with Gasteiger partial charge in [-0.2, -0.15) is 0 Å². The molecule has 0 heterocycles. The van der Waals surface area contributed by atoms with Crippen LogP contribution in [0.15, 0.2) is 48.5 Å². The summed E-state index contributed by atoms with van der Waals surface area (Å²) >= 11 is 5.93. The Kier molecular flexibility index (Phi) is 4.48. The van der Waals surface area contributed by atoms with Crippen molar-refractivity contribution in [2.24, 2.45) is 0 Å². The second-order valence-corrected chi connectivity index (χ2v) is 4.38. The molecule has 0 unspecified atom stereocenters. The molecule has 2 aromatic rings. The Hall–Kier alpha value is -2.20. The molecule has 5 heteroatoms. The fraction of sp³-hybridized carbons (Fsp3) is 0. The van der Waals surface area contributed by atoms with Crippen molar-refractivity contribution in [3.05, 3.63) is 70.8 Å². The van der Waals surface area contributed by atoms with E-state index in [1.807, 2.05) is 0 Å². The van der Waals surface area contributed by atoms with Gasteiger partial charge in [0, 0.05) is 22.9 Å². The number of anilines is 1. The molecule has 0 aromatic heterocycles. The third kappa shape index (κ3) is 3.65. The first-order valence-electron chi connectivity index (χ1n) is 5.75. The van der Waals surface area contributed by atoms with Gasteiger partial charge in [-0.15, -0.1) is 0 Å². The fourth-order valence-corrected chi connectivity index (χ4v) is 1.73. The summed E-state index contributed by atoms with van der Waals surface area (Å²) in [5.41, 5.74) is 0.868. The molecule has 0 fully saturated rings. The summed E-state index contributed by atoms with van der Waals surface area (Å²) in [5.74, 6) is -2.44. The molecule has 1 amide bonds. The number of carbonyl (C=O) groups is 1. The van der Waals surface area contributed by atoms with Crippen LogP contribution < -0.4 is 5.32 Å². The molecular weight excluding hydrogens is 284 g/mol. The van der Waals surface area contributed by atoms with Gasteiger partial charge in [0.15, 0.2) is 11.6 Å². The van der Waals surface area contributed by atoms with Crippen molar-refractivity contribution in [3.8, 4) is 0 Å². The van der Waals surface area contributed by atoms with Gasteiger partial charge >= 0.3 is 0 Å². The maximum Gasteiger partial charge on any atom is 0.248 e. The molecule has 0 bridgehead atoms. The van der Waals surface area contributed by atoms with Gasteiger partial charge in [0.25, 0.3) is 0 Å². The van der Waals surface area contributed by atoms with Crippen molar-refractivity contribution in [3.63, 3.8) is 0 Å². The minimum absolute atomic E-state index is 0.178. The van der Waals surface area contributed by atoms with Crippen molar-refractivity contribution >= 4 is 29.3 Å². The van der Waals surface area contributed by atoms with Crippen LogP contribution in [0.4, 0.5) is 14.5 Å². The lowest BCUT2D eigenvalue weighted by Crippen LogP contribution is -2.08. The summed E-state index contributed by atoms with van der Waals surface area (Å²) in [6.45, 7) is 0. The van der Waals surface area contributed by atoms with E-state index in [-0.39, 0.29) is 5.69 Å². The average molecular weight is 294 g/mol. The van der Waals surface area contributed by atoms with Crippen LogP contribution in [0.1, 0.15) is 5.56 Å². The summed E-state index contributed by atoms with van der Waals surface area (Å²) in [6, 6.07) is 10.2. The Morgan fingerprint density at radius 1 is 1.10 bits per heavy atom. The highest BCUT2D eigenvalue weighted by molar-refractivity contribution is 6.32. The van der Waals surface area contributed by atoms with Crippen LogP contribution in [-0.2, 0) is 4.79 Å². The van der Waals surface area contributed by atoms with Crippen LogP contribution in [-0.4, -0.2) is 5.91 Å². The summed E-state index contributed by atoms with van der Waals surface area (Å²) in [6.07, 6.45) is 2.81. The number of carbonyl (C=O) groups excluding carboxylic acids is 1. The topological polar surface area (TPSA) is 29.1 Å². The molecule has 0 aliphatic heterocycles. The smallest absolute Gasteiger partial charge is 0.248 e. The van der Waals surface area contributed by atoms with Gasteiger partial charge in [0.1, 0.15) is 0 Å². The third-order valence-corrected chi connectivity index (χ3v) is 2.85. The van der Waals surface area contributed by atoms with Crippen LogP contribution in [0.3, 0.4) is 0 Å². The predicted octanol–water partition coefficient (Wildman–Crippen LogP) is 4.27. The number of hydrogen-bond acceptors (Lipinski definition) is 1. The molecule has 0 atom stereocenters. The van der Waals surface area contributed by atoms with E-state index in [9.17, 15) is 13.6 Å². The molecule has 0 aliphatic rings. The number of halogens is 3. The molecule has 102 valence electrons. The summed E-state index contributed by atoms with van der Waals surface area (Å²) in [7, 11) is 0. The van der Waals surface area contributed by atoms with Crippen molar-refractivity contribution in [2.75, 3.05) is 5.32 Å². The van der Waals surface area contributed by atoms with Gasteiger partial charge in [-0.25, -0.2) is 8.78 Å². The molecule has 2 nitrogen and oxygen atoms in total. The normalized spacial score (nSPS) is 10.8.